The second-order valence-corrected chi connectivity index (χ2v) is 12.0. The molecule has 10 heteroatoms. The minimum atomic E-state index is -0.256. The van der Waals surface area contributed by atoms with Gasteiger partial charge in [-0.05, 0) is 69.0 Å². The first-order chi connectivity index (χ1) is 20.3. The number of nitrogens with one attached hydrogen (secondary N) is 1. The topological polar surface area (TPSA) is 96.2 Å². The number of fused-ring (bicyclic) bond motifs is 1. The van der Waals surface area contributed by atoms with Gasteiger partial charge in [-0.2, -0.15) is 4.98 Å². The van der Waals surface area contributed by atoms with Crippen molar-refractivity contribution in [2.45, 2.75) is 57.9 Å². The van der Waals surface area contributed by atoms with Crippen LogP contribution in [-0.2, 0) is 0 Å². The van der Waals surface area contributed by atoms with Crippen LogP contribution >= 0.6 is 11.6 Å². The summed E-state index contributed by atoms with van der Waals surface area (Å²) in [4.78, 5) is 44.5. The number of nitrogens with zero attached hydrogens (tertiary/aromatic N) is 6. The maximum Gasteiger partial charge on any atom is 0.263 e. The van der Waals surface area contributed by atoms with Gasteiger partial charge in [-0.3, -0.25) is 14.2 Å². The van der Waals surface area contributed by atoms with Gasteiger partial charge < -0.3 is 15.1 Å². The minimum absolute atomic E-state index is 0.0118. The molecule has 1 saturated carbocycles. The first-order valence-electron chi connectivity index (χ1n) is 14.7. The molecule has 1 aliphatic carbocycles. The van der Waals surface area contributed by atoms with Crippen molar-refractivity contribution in [1.82, 2.24) is 19.5 Å². The van der Waals surface area contributed by atoms with E-state index >= 15 is 0 Å². The van der Waals surface area contributed by atoms with Crippen molar-refractivity contribution >= 4 is 51.6 Å². The number of ketones is 1. The van der Waals surface area contributed by atoms with Crippen LogP contribution in [0, 0.1) is 6.92 Å². The molecular weight excluding hydrogens is 550 g/mol. The van der Waals surface area contributed by atoms with Crippen molar-refractivity contribution < 1.29 is 4.79 Å². The molecule has 4 aromatic rings. The molecule has 42 heavy (non-hydrogen) atoms. The highest BCUT2D eigenvalue weighted by molar-refractivity contribution is 6.20. The number of halogens is 1. The summed E-state index contributed by atoms with van der Waals surface area (Å²) >= 11 is 6.20. The number of anilines is 4. The Morgan fingerprint density at radius 2 is 1.60 bits per heavy atom. The molecule has 2 aliphatic rings. The molecule has 6 rings (SSSR count). The summed E-state index contributed by atoms with van der Waals surface area (Å²) in [6.45, 7) is 8.88. The SMILES string of the molecule is CC(=O)c1c(C)c2cnc(Nc3ccc(N4CCN(c5ccc([C@H](C)Cl)cc5)CC4)cn3)nc2n(C2CCCC2)c1=O. The fraction of sp³-hybridized carbons (Fsp3) is 0.406. The molecular formula is C32H36ClN7O2. The van der Waals surface area contributed by atoms with Crippen LogP contribution in [-0.4, -0.2) is 51.5 Å². The molecule has 3 aromatic heterocycles. The predicted molar refractivity (Wildman–Crippen MR) is 169 cm³/mol. The number of piperazine rings is 1. The molecule has 0 amide bonds. The Bertz CT molecular complexity index is 1650. The quantitative estimate of drug-likeness (QED) is 0.203. The Hall–Kier alpha value is -3.98. The summed E-state index contributed by atoms with van der Waals surface area (Å²) in [5.41, 5.74) is 4.58. The van der Waals surface area contributed by atoms with Crippen LogP contribution in [0.4, 0.5) is 23.1 Å². The Balaban J connectivity index is 1.18. The van der Waals surface area contributed by atoms with Gasteiger partial charge in [0.25, 0.3) is 5.56 Å². The highest BCUT2D eigenvalue weighted by Crippen LogP contribution is 2.32. The molecule has 0 unspecified atom stereocenters. The van der Waals surface area contributed by atoms with Crippen molar-refractivity contribution in [2.24, 2.45) is 0 Å². The van der Waals surface area contributed by atoms with E-state index in [1.807, 2.05) is 19.2 Å². The summed E-state index contributed by atoms with van der Waals surface area (Å²) in [5, 5.41) is 3.95. The van der Waals surface area contributed by atoms with E-state index in [-0.39, 0.29) is 28.3 Å². The van der Waals surface area contributed by atoms with Gasteiger partial charge in [0.15, 0.2) is 5.78 Å². The lowest BCUT2D eigenvalue weighted by atomic mass is 10.0. The highest BCUT2D eigenvalue weighted by Gasteiger charge is 2.26. The summed E-state index contributed by atoms with van der Waals surface area (Å²) in [6, 6.07) is 12.5. The Morgan fingerprint density at radius 1 is 0.952 bits per heavy atom. The molecule has 0 bridgehead atoms. The maximum absolute atomic E-state index is 13.5. The molecule has 0 spiro atoms. The van der Waals surface area contributed by atoms with Gasteiger partial charge in [-0.15, -0.1) is 11.6 Å². The van der Waals surface area contributed by atoms with E-state index in [2.05, 4.69) is 55.4 Å². The minimum Gasteiger partial charge on any atom is -0.368 e. The molecule has 218 valence electrons. The Labute approximate surface area is 250 Å². The third-order valence-electron chi connectivity index (χ3n) is 8.60. The fourth-order valence-corrected chi connectivity index (χ4v) is 6.39. The number of hydrogen-bond acceptors (Lipinski definition) is 8. The van der Waals surface area contributed by atoms with Crippen molar-refractivity contribution in [3.05, 3.63) is 75.8 Å². The Morgan fingerprint density at radius 3 is 2.19 bits per heavy atom. The highest BCUT2D eigenvalue weighted by atomic mass is 35.5. The number of carbonyl (C=O) groups excluding carboxylic acids is 1. The van der Waals surface area contributed by atoms with Crippen LogP contribution in [0.2, 0.25) is 0 Å². The van der Waals surface area contributed by atoms with Gasteiger partial charge in [0.1, 0.15) is 11.5 Å². The van der Waals surface area contributed by atoms with Crippen molar-refractivity contribution in [3.63, 3.8) is 0 Å². The molecule has 0 radical (unpaired) electrons. The van der Waals surface area contributed by atoms with Crippen LogP contribution in [0.1, 0.15) is 72.4 Å². The second kappa shape index (κ2) is 11.7. The predicted octanol–water partition coefficient (Wildman–Crippen LogP) is 6.18. The average Bonchev–Trinajstić information content (AvgIpc) is 3.52. The molecule has 1 N–H and O–H groups in total. The molecule has 1 saturated heterocycles. The lowest BCUT2D eigenvalue weighted by molar-refractivity contribution is 0.101. The second-order valence-electron chi connectivity index (χ2n) is 11.3. The van der Waals surface area contributed by atoms with Gasteiger partial charge in [0, 0.05) is 49.5 Å². The van der Waals surface area contributed by atoms with Crippen LogP contribution in [0.25, 0.3) is 11.0 Å². The van der Waals surface area contributed by atoms with E-state index in [1.165, 1.54) is 12.6 Å². The number of pyridine rings is 2. The van der Waals surface area contributed by atoms with Crippen molar-refractivity contribution in [1.29, 1.82) is 0 Å². The van der Waals surface area contributed by atoms with Crippen LogP contribution in [0.15, 0.2) is 53.6 Å². The summed E-state index contributed by atoms with van der Waals surface area (Å²) in [7, 11) is 0. The monoisotopic (exact) mass is 585 g/mol. The fourth-order valence-electron chi connectivity index (χ4n) is 6.24. The van der Waals surface area contributed by atoms with Crippen LogP contribution < -0.4 is 20.7 Å². The lowest BCUT2D eigenvalue weighted by Gasteiger charge is -2.37. The third-order valence-corrected chi connectivity index (χ3v) is 8.85. The zero-order valence-electron chi connectivity index (χ0n) is 24.3. The molecule has 1 aliphatic heterocycles. The number of carbonyl (C=O) groups is 1. The van der Waals surface area contributed by atoms with E-state index in [0.29, 0.717) is 23.0 Å². The standard InChI is InChI=1S/C32H36ClN7O2/c1-20-27-19-35-32(37-30(27)40(25-6-4-5-7-25)31(42)29(20)22(3)41)36-28-13-12-26(18-34-28)39-16-14-38(15-17-39)24-10-8-23(9-11-24)21(2)33/h8-13,18-19,21,25H,4-7,14-17H2,1-3H3,(H,34,35,36,37)/t21-/m0/s1. The van der Waals surface area contributed by atoms with Crippen LogP contribution in [0.5, 0.6) is 0 Å². The normalized spacial score (nSPS) is 16.7. The number of rotatable bonds is 7. The first-order valence-corrected chi connectivity index (χ1v) is 15.1. The van der Waals surface area contributed by atoms with Crippen molar-refractivity contribution in [2.75, 3.05) is 41.3 Å². The summed E-state index contributed by atoms with van der Waals surface area (Å²) in [6.07, 6.45) is 7.50. The smallest absolute Gasteiger partial charge is 0.263 e. The number of alkyl halides is 1. The van der Waals surface area contributed by atoms with Gasteiger partial charge in [0.2, 0.25) is 5.95 Å². The summed E-state index contributed by atoms with van der Waals surface area (Å²) < 4.78 is 1.72. The van der Waals surface area contributed by atoms with Gasteiger partial charge in [0.05, 0.1) is 22.8 Å². The number of aromatic nitrogens is 4. The zero-order valence-corrected chi connectivity index (χ0v) is 25.1. The van der Waals surface area contributed by atoms with E-state index in [1.54, 1.807) is 17.7 Å². The number of Topliss-reactive ketones (excluding diaryl/α,β-unsaturated/α-hetero) is 1. The largest absolute Gasteiger partial charge is 0.368 e. The van der Waals surface area contributed by atoms with Crippen molar-refractivity contribution in [3.8, 4) is 0 Å². The van der Waals surface area contributed by atoms with E-state index in [0.717, 1.165) is 68.5 Å². The van der Waals surface area contributed by atoms with E-state index in [4.69, 9.17) is 16.6 Å². The molecule has 1 aromatic carbocycles. The number of benzene rings is 1. The Kier molecular flexibility index (Phi) is 7.86. The molecule has 9 nitrogen and oxygen atoms in total. The van der Waals surface area contributed by atoms with Gasteiger partial charge >= 0.3 is 0 Å². The third kappa shape index (κ3) is 5.45. The molecule has 2 fully saturated rings. The average molecular weight is 586 g/mol. The zero-order chi connectivity index (χ0) is 29.4. The van der Waals surface area contributed by atoms with Crippen LogP contribution in [0.3, 0.4) is 0 Å². The lowest BCUT2D eigenvalue weighted by Crippen LogP contribution is -2.46. The maximum atomic E-state index is 13.5. The van der Waals surface area contributed by atoms with Gasteiger partial charge in [-0.25, -0.2) is 9.97 Å². The van der Waals surface area contributed by atoms with E-state index < -0.39 is 0 Å². The first kappa shape index (κ1) is 28.2. The van der Waals surface area contributed by atoms with E-state index in [9.17, 15) is 9.59 Å². The number of hydrogen-bond donors (Lipinski definition) is 1. The molecule has 4 heterocycles. The molecule has 1 atom stereocenters. The number of aryl methyl sites for hydroxylation is 1. The summed E-state index contributed by atoms with van der Waals surface area (Å²) in [5.74, 6) is 0.763. The van der Waals surface area contributed by atoms with Gasteiger partial charge in [-0.1, -0.05) is 25.0 Å².